The Balaban J connectivity index is 2.23. The molecule has 0 aliphatic carbocycles. The monoisotopic (exact) mass is 214 g/mol. The summed E-state index contributed by atoms with van der Waals surface area (Å²) in [6.45, 7) is 2.18. The van der Waals surface area contributed by atoms with Crippen LogP contribution in [0.3, 0.4) is 0 Å². The van der Waals surface area contributed by atoms with Gasteiger partial charge in [0.05, 0.1) is 5.69 Å². The van der Waals surface area contributed by atoms with Crippen LogP contribution in [0.4, 0.5) is 0 Å². The number of rotatable bonds is 6. The molecule has 2 N–H and O–H groups in total. The van der Waals surface area contributed by atoms with E-state index in [2.05, 4.69) is 17.2 Å². The molecule has 0 amide bonds. The van der Waals surface area contributed by atoms with Crippen molar-refractivity contribution in [2.75, 3.05) is 11.5 Å². The molecule has 0 aliphatic heterocycles. The molecule has 0 spiro atoms. The van der Waals surface area contributed by atoms with Crippen LogP contribution in [0.2, 0.25) is 0 Å². The van der Waals surface area contributed by atoms with Crippen molar-refractivity contribution in [3.05, 3.63) is 11.9 Å². The second-order valence-electron chi connectivity index (χ2n) is 3.42. The first-order valence-corrected chi connectivity index (χ1v) is 6.06. The van der Waals surface area contributed by atoms with Crippen LogP contribution in [0.25, 0.3) is 0 Å². The SMILES string of the molecule is CCCSCC(N)Cc1cn(C)nn1. The van der Waals surface area contributed by atoms with E-state index in [1.807, 2.05) is 25.0 Å². The minimum absolute atomic E-state index is 0.197. The summed E-state index contributed by atoms with van der Waals surface area (Å²) in [6.07, 6.45) is 3.96. The fraction of sp³-hybridized carbons (Fsp3) is 0.778. The van der Waals surface area contributed by atoms with Crippen molar-refractivity contribution in [2.24, 2.45) is 12.8 Å². The standard InChI is InChI=1S/C9H18N4S/c1-3-4-14-7-8(10)5-9-6-13(2)12-11-9/h6,8H,3-5,7,10H2,1-2H3. The molecule has 14 heavy (non-hydrogen) atoms. The Morgan fingerprint density at radius 2 is 2.43 bits per heavy atom. The topological polar surface area (TPSA) is 56.7 Å². The Hall–Kier alpha value is -0.550. The van der Waals surface area contributed by atoms with E-state index in [9.17, 15) is 0 Å². The minimum Gasteiger partial charge on any atom is -0.327 e. The van der Waals surface area contributed by atoms with Crippen LogP contribution in [0.15, 0.2) is 6.20 Å². The molecule has 5 heteroatoms. The number of nitrogens with two attached hydrogens (primary N) is 1. The van der Waals surface area contributed by atoms with Gasteiger partial charge in [0.15, 0.2) is 0 Å². The van der Waals surface area contributed by atoms with Gasteiger partial charge in [-0.05, 0) is 12.2 Å². The molecular formula is C9H18N4S. The third-order valence-corrected chi connectivity index (χ3v) is 3.16. The maximum absolute atomic E-state index is 5.96. The summed E-state index contributed by atoms with van der Waals surface area (Å²) in [5.41, 5.74) is 6.94. The highest BCUT2D eigenvalue weighted by molar-refractivity contribution is 7.99. The summed E-state index contributed by atoms with van der Waals surface area (Å²) < 4.78 is 1.71. The first kappa shape index (κ1) is 11.5. The average molecular weight is 214 g/mol. The molecule has 0 saturated heterocycles. The van der Waals surface area contributed by atoms with Crippen molar-refractivity contribution < 1.29 is 0 Å². The van der Waals surface area contributed by atoms with E-state index in [0.717, 1.165) is 17.9 Å². The normalized spacial score (nSPS) is 13.1. The summed E-state index contributed by atoms with van der Waals surface area (Å²) >= 11 is 1.91. The van der Waals surface area contributed by atoms with Crippen molar-refractivity contribution in [3.8, 4) is 0 Å². The van der Waals surface area contributed by atoms with Crippen LogP contribution < -0.4 is 5.73 Å². The van der Waals surface area contributed by atoms with Gasteiger partial charge < -0.3 is 5.73 Å². The van der Waals surface area contributed by atoms with Gasteiger partial charge in [-0.3, -0.25) is 4.68 Å². The molecular weight excluding hydrogens is 196 g/mol. The molecule has 0 radical (unpaired) electrons. The van der Waals surface area contributed by atoms with Crippen LogP contribution in [-0.2, 0) is 13.5 Å². The maximum Gasteiger partial charge on any atom is 0.0842 e. The van der Waals surface area contributed by atoms with Crippen LogP contribution in [0, 0.1) is 0 Å². The largest absolute Gasteiger partial charge is 0.327 e. The Morgan fingerprint density at radius 1 is 1.64 bits per heavy atom. The van der Waals surface area contributed by atoms with E-state index in [-0.39, 0.29) is 6.04 Å². The highest BCUT2D eigenvalue weighted by atomic mass is 32.2. The van der Waals surface area contributed by atoms with E-state index in [1.54, 1.807) is 4.68 Å². The summed E-state index contributed by atoms with van der Waals surface area (Å²) in [5.74, 6) is 2.19. The highest BCUT2D eigenvalue weighted by Crippen LogP contribution is 2.06. The molecule has 0 fully saturated rings. The van der Waals surface area contributed by atoms with Gasteiger partial charge in [0, 0.05) is 31.5 Å². The number of hydrogen-bond acceptors (Lipinski definition) is 4. The van der Waals surface area contributed by atoms with Gasteiger partial charge in [-0.1, -0.05) is 12.1 Å². The maximum atomic E-state index is 5.96. The molecule has 0 aliphatic rings. The van der Waals surface area contributed by atoms with E-state index in [4.69, 9.17) is 5.73 Å². The smallest absolute Gasteiger partial charge is 0.0842 e. The zero-order valence-electron chi connectivity index (χ0n) is 8.81. The Kier molecular flexibility index (Phi) is 4.97. The van der Waals surface area contributed by atoms with Gasteiger partial charge in [-0.25, -0.2) is 0 Å². The quantitative estimate of drug-likeness (QED) is 0.713. The van der Waals surface area contributed by atoms with E-state index in [1.165, 1.54) is 12.2 Å². The minimum atomic E-state index is 0.197. The molecule has 0 saturated carbocycles. The second-order valence-corrected chi connectivity index (χ2v) is 4.57. The number of aromatic nitrogens is 3. The van der Waals surface area contributed by atoms with Gasteiger partial charge in [0.2, 0.25) is 0 Å². The summed E-state index contributed by atoms with van der Waals surface area (Å²) in [4.78, 5) is 0. The molecule has 80 valence electrons. The fourth-order valence-corrected chi connectivity index (χ4v) is 2.07. The van der Waals surface area contributed by atoms with Crippen molar-refractivity contribution in [1.82, 2.24) is 15.0 Å². The third kappa shape index (κ3) is 4.11. The zero-order valence-corrected chi connectivity index (χ0v) is 9.63. The van der Waals surface area contributed by atoms with Crippen molar-refractivity contribution >= 4 is 11.8 Å². The van der Waals surface area contributed by atoms with Crippen LogP contribution in [0.5, 0.6) is 0 Å². The fourth-order valence-electron chi connectivity index (χ4n) is 1.20. The molecule has 1 heterocycles. The van der Waals surface area contributed by atoms with Crippen molar-refractivity contribution in [3.63, 3.8) is 0 Å². The van der Waals surface area contributed by atoms with Gasteiger partial charge in [-0.15, -0.1) is 5.10 Å². The van der Waals surface area contributed by atoms with Gasteiger partial charge >= 0.3 is 0 Å². The van der Waals surface area contributed by atoms with Gasteiger partial charge in [0.25, 0.3) is 0 Å². The molecule has 1 aromatic rings. The molecule has 0 aromatic carbocycles. The number of nitrogens with zero attached hydrogens (tertiary/aromatic N) is 3. The summed E-state index contributed by atoms with van der Waals surface area (Å²) in [7, 11) is 1.87. The summed E-state index contributed by atoms with van der Waals surface area (Å²) in [5, 5.41) is 7.88. The Bertz CT molecular complexity index is 261. The lowest BCUT2D eigenvalue weighted by atomic mass is 10.2. The molecule has 4 nitrogen and oxygen atoms in total. The lowest BCUT2D eigenvalue weighted by Gasteiger charge is -2.08. The molecule has 1 unspecified atom stereocenters. The molecule has 1 aromatic heterocycles. The highest BCUT2D eigenvalue weighted by Gasteiger charge is 2.06. The van der Waals surface area contributed by atoms with Crippen molar-refractivity contribution in [1.29, 1.82) is 0 Å². The predicted molar refractivity (Wildman–Crippen MR) is 60.3 cm³/mol. The number of aryl methyl sites for hydroxylation is 1. The second kappa shape index (κ2) is 6.03. The van der Waals surface area contributed by atoms with Crippen molar-refractivity contribution in [2.45, 2.75) is 25.8 Å². The van der Waals surface area contributed by atoms with Crippen LogP contribution in [-0.4, -0.2) is 32.5 Å². The Morgan fingerprint density at radius 3 is 3.00 bits per heavy atom. The first-order valence-electron chi connectivity index (χ1n) is 4.91. The number of hydrogen-bond donors (Lipinski definition) is 1. The predicted octanol–water partition coefficient (Wildman–Crippen LogP) is 0.828. The van der Waals surface area contributed by atoms with E-state index in [0.29, 0.717) is 0 Å². The average Bonchev–Trinajstić information content (AvgIpc) is 2.52. The van der Waals surface area contributed by atoms with Gasteiger partial charge in [0.1, 0.15) is 0 Å². The lowest BCUT2D eigenvalue weighted by molar-refractivity contribution is 0.704. The van der Waals surface area contributed by atoms with Crippen LogP contribution >= 0.6 is 11.8 Å². The Labute approximate surface area is 89.2 Å². The number of thioether (sulfide) groups is 1. The molecule has 1 atom stereocenters. The van der Waals surface area contributed by atoms with Crippen LogP contribution in [0.1, 0.15) is 19.0 Å². The van der Waals surface area contributed by atoms with E-state index < -0.39 is 0 Å². The first-order chi connectivity index (χ1) is 6.72. The third-order valence-electron chi connectivity index (χ3n) is 1.80. The molecule has 0 bridgehead atoms. The van der Waals surface area contributed by atoms with E-state index >= 15 is 0 Å². The molecule has 1 rings (SSSR count). The van der Waals surface area contributed by atoms with Gasteiger partial charge in [-0.2, -0.15) is 11.8 Å². The summed E-state index contributed by atoms with van der Waals surface area (Å²) in [6, 6.07) is 0.197. The lowest BCUT2D eigenvalue weighted by Crippen LogP contribution is -2.25. The zero-order chi connectivity index (χ0) is 10.4.